The number of benzene rings is 1. The third-order valence-electron chi connectivity index (χ3n) is 6.43. The molecule has 3 heterocycles. The highest BCUT2D eigenvalue weighted by atomic mass is 19.1. The van der Waals surface area contributed by atoms with Gasteiger partial charge < -0.3 is 30.2 Å². The summed E-state index contributed by atoms with van der Waals surface area (Å²) in [5.41, 5.74) is 0.559. The molecule has 0 bridgehead atoms. The minimum Gasteiger partial charge on any atom is -0.497 e. The quantitative estimate of drug-likeness (QED) is 0.473. The van der Waals surface area contributed by atoms with E-state index in [0.717, 1.165) is 45.7 Å². The first-order chi connectivity index (χ1) is 17.1. The molecule has 2 fully saturated rings. The molecule has 4 rings (SSSR count). The van der Waals surface area contributed by atoms with Crippen molar-refractivity contribution >= 4 is 17.5 Å². The second-order valence-electron chi connectivity index (χ2n) is 10.9. The molecule has 0 atom stereocenters. The van der Waals surface area contributed by atoms with Gasteiger partial charge in [0, 0.05) is 60.6 Å². The van der Waals surface area contributed by atoms with Crippen molar-refractivity contribution in [3.8, 4) is 11.5 Å². The largest absolute Gasteiger partial charge is 0.497 e. The zero-order valence-corrected chi connectivity index (χ0v) is 22.0. The van der Waals surface area contributed by atoms with E-state index >= 15 is 0 Å². The van der Waals surface area contributed by atoms with Gasteiger partial charge in [0.2, 0.25) is 5.95 Å². The molecule has 0 spiro atoms. The molecular weight excluding hydrogens is 463 g/mol. The third kappa shape index (κ3) is 7.41. The van der Waals surface area contributed by atoms with Crippen molar-refractivity contribution in [2.45, 2.75) is 57.7 Å². The Balaban J connectivity index is 1.43. The van der Waals surface area contributed by atoms with Gasteiger partial charge in [-0.05, 0) is 40.5 Å². The molecule has 9 nitrogen and oxygen atoms in total. The lowest BCUT2D eigenvalue weighted by atomic mass is 9.79. The van der Waals surface area contributed by atoms with E-state index in [2.05, 4.69) is 58.5 Å². The summed E-state index contributed by atoms with van der Waals surface area (Å²) < 4.78 is 31.5. The predicted molar refractivity (Wildman–Crippen MR) is 139 cm³/mol. The van der Waals surface area contributed by atoms with Gasteiger partial charge in [-0.1, -0.05) is 0 Å². The van der Waals surface area contributed by atoms with Crippen LogP contribution in [0.2, 0.25) is 0 Å². The molecule has 2 aromatic rings. The van der Waals surface area contributed by atoms with E-state index in [9.17, 15) is 4.39 Å². The van der Waals surface area contributed by atoms with Gasteiger partial charge in [-0.25, -0.2) is 9.37 Å². The molecule has 10 heteroatoms. The Morgan fingerprint density at radius 3 is 2.50 bits per heavy atom. The number of aromatic nitrogens is 2. The Morgan fingerprint density at radius 2 is 1.81 bits per heavy atom. The molecule has 198 valence electrons. The van der Waals surface area contributed by atoms with Gasteiger partial charge in [0.1, 0.15) is 18.1 Å². The summed E-state index contributed by atoms with van der Waals surface area (Å²) in [7, 11) is 1.61. The maximum absolute atomic E-state index is 14.6. The summed E-state index contributed by atoms with van der Waals surface area (Å²) in [6.07, 6.45) is 2.89. The van der Waals surface area contributed by atoms with Crippen LogP contribution in [-0.2, 0) is 4.74 Å². The first-order valence-electron chi connectivity index (χ1n) is 12.6. The van der Waals surface area contributed by atoms with Crippen LogP contribution in [0.3, 0.4) is 0 Å². The molecular formula is C26H39FN6O3. The predicted octanol–water partition coefficient (Wildman–Crippen LogP) is 3.80. The van der Waals surface area contributed by atoms with Crippen molar-refractivity contribution < 1.29 is 18.6 Å². The summed E-state index contributed by atoms with van der Waals surface area (Å²) in [6.45, 7) is 13.4. The van der Waals surface area contributed by atoms with Crippen LogP contribution in [0.5, 0.6) is 11.5 Å². The Hall–Kier alpha value is -2.69. The van der Waals surface area contributed by atoms with Crippen molar-refractivity contribution in [2.24, 2.45) is 0 Å². The lowest BCUT2D eigenvalue weighted by molar-refractivity contribution is 0.0322. The summed E-state index contributed by atoms with van der Waals surface area (Å²) >= 11 is 0. The summed E-state index contributed by atoms with van der Waals surface area (Å²) in [6, 6.07) is 5.60. The molecule has 3 N–H and O–H groups in total. The van der Waals surface area contributed by atoms with Gasteiger partial charge in [0.15, 0.2) is 11.6 Å². The molecule has 0 unspecified atom stereocenters. The van der Waals surface area contributed by atoms with Crippen LogP contribution in [0, 0.1) is 5.82 Å². The molecule has 1 aromatic heterocycles. The molecule has 0 radical (unpaired) electrons. The van der Waals surface area contributed by atoms with Crippen LogP contribution in [0.25, 0.3) is 0 Å². The molecule has 2 aliphatic rings. The number of nitrogens with zero attached hydrogens (tertiary/aromatic N) is 3. The number of methoxy groups -OCH3 is 1. The summed E-state index contributed by atoms with van der Waals surface area (Å²) in [4.78, 5) is 10.9. The Kier molecular flexibility index (Phi) is 8.17. The number of ether oxygens (including phenoxy) is 3. The van der Waals surface area contributed by atoms with Crippen molar-refractivity contribution in [1.29, 1.82) is 0 Å². The van der Waals surface area contributed by atoms with Crippen LogP contribution >= 0.6 is 0 Å². The van der Waals surface area contributed by atoms with Crippen LogP contribution in [0.4, 0.5) is 21.8 Å². The number of morpholine rings is 1. The third-order valence-corrected chi connectivity index (χ3v) is 6.43. The smallest absolute Gasteiger partial charge is 0.229 e. The van der Waals surface area contributed by atoms with Crippen molar-refractivity contribution in [3.63, 3.8) is 0 Å². The fraction of sp³-hybridized carbons (Fsp3) is 0.615. The maximum Gasteiger partial charge on any atom is 0.229 e. The summed E-state index contributed by atoms with van der Waals surface area (Å²) in [5.74, 6) is 1.31. The zero-order valence-electron chi connectivity index (χ0n) is 22.0. The van der Waals surface area contributed by atoms with E-state index in [1.807, 2.05) is 18.2 Å². The first-order valence-corrected chi connectivity index (χ1v) is 12.6. The average Bonchev–Trinajstić information content (AvgIpc) is 2.80. The highest BCUT2D eigenvalue weighted by Gasteiger charge is 2.38. The fourth-order valence-corrected chi connectivity index (χ4v) is 5.24. The lowest BCUT2D eigenvalue weighted by Gasteiger charge is -2.46. The minimum absolute atomic E-state index is 0.0667. The molecule has 2 aliphatic heterocycles. The van der Waals surface area contributed by atoms with Crippen LogP contribution in [-0.4, -0.2) is 78.6 Å². The second kappa shape index (κ2) is 11.1. The van der Waals surface area contributed by atoms with Crippen molar-refractivity contribution in [1.82, 2.24) is 20.2 Å². The van der Waals surface area contributed by atoms with Gasteiger partial charge in [0.05, 0.1) is 26.5 Å². The SMILES string of the molecule is COc1cc(Nc2ncc(F)c(NC3CC(C)(C)NC(C)(C)C3)n2)cc(OCCN2CCOCC2)c1. The minimum atomic E-state index is -0.479. The van der Waals surface area contributed by atoms with Gasteiger partial charge in [-0.3, -0.25) is 4.90 Å². The highest BCUT2D eigenvalue weighted by Crippen LogP contribution is 2.31. The average molecular weight is 503 g/mol. The number of hydrogen-bond donors (Lipinski definition) is 3. The molecule has 0 amide bonds. The van der Waals surface area contributed by atoms with Gasteiger partial charge >= 0.3 is 0 Å². The first kappa shape index (κ1) is 26.4. The number of nitrogens with one attached hydrogen (secondary N) is 3. The van der Waals surface area contributed by atoms with E-state index in [4.69, 9.17) is 14.2 Å². The van der Waals surface area contributed by atoms with Crippen LogP contribution in [0.1, 0.15) is 40.5 Å². The highest BCUT2D eigenvalue weighted by molar-refractivity contribution is 5.60. The van der Waals surface area contributed by atoms with Crippen molar-refractivity contribution in [3.05, 3.63) is 30.2 Å². The van der Waals surface area contributed by atoms with E-state index in [0.29, 0.717) is 29.7 Å². The van der Waals surface area contributed by atoms with E-state index in [-0.39, 0.29) is 22.9 Å². The Labute approximate surface area is 213 Å². The molecule has 0 saturated carbocycles. The van der Waals surface area contributed by atoms with E-state index in [1.165, 1.54) is 6.20 Å². The van der Waals surface area contributed by atoms with E-state index < -0.39 is 5.82 Å². The number of hydrogen-bond acceptors (Lipinski definition) is 9. The van der Waals surface area contributed by atoms with Gasteiger partial charge in [-0.15, -0.1) is 0 Å². The Morgan fingerprint density at radius 1 is 1.11 bits per heavy atom. The molecule has 2 saturated heterocycles. The van der Waals surface area contributed by atoms with Gasteiger partial charge in [-0.2, -0.15) is 4.98 Å². The molecule has 0 aliphatic carbocycles. The van der Waals surface area contributed by atoms with Gasteiger partial charge in [0.25, 0.3) is 0 Å². The standard InChI is InChI=1S/C26H39FN6O3/c1-25(2)15-19(16-26(3,4)32-25)29-23-22(27)17-28-24(31-23)30-18-12-20(34-5)14-21(13-18)36-11-8-33-6-9-35-10-7-33/h12-14,17,19,32H,6-11,15-16H2,1-5H3,(H2,28,29,30,31). The normalized spacial score (nSPS) is 20.1. The van der Waals surface area contributed by atoms with Crippen molar-refractivity contribution in [2.75, 3.05) is 57.2 Å². The summed E-state index contributed by atoms with van der Waals surface area (Å²) in [5, 5.41) is 10.1. The molecule has 1 aromatic carbocycles. The number of piperidine rings is 1. The second-order valence-corrected chi connectivity index (χ2v) is 10.9. The molecule has 36 heavy (non-hydrogen) atoms. The number of anilines is 3. The van der Waals surface area contributed by atoms with Crippen LogP contribution in [0.15, 0.2) is 24.4 Å². The monoisotopic (exact) mass is 502 g/mol. The topological polar surface area (TPSA) is 92.8 Å². The maximum atomic E-state index is 14.6. The number of rotatable bonds is 9. The lowest BCUT2D eigenvalue weighted by Crippen LogP contribution is -2.60. The van der Waals surface area contributed by atoms with Crippen LogP contribution < -0.4 is 25.4 Å². The fourth-order valence-electron chi connectivity index (χ4n) is 5.24. The zero-order chi connectivity index (χ0) is 25.8. The Bertz CT molecular complexity index is 1010. The number of halogens is 1. The van der Waals surface area contributed by atoms with E-state index in [1.54, 1.807) is 7.11 Å².